The lowest BCUT2D eigenvalue weighted by molar-refractivity contribution is 0.332. The highest BCUT2D eigenvalue weighted by Gasteiger charge is 2.08. The summed E-state index contributed by atoms with van der Waals surface area (Å²) in [6.45, 7) is 4.89. The molecule has 0 unspecified atom stereocenters. The first-order chi connectivity index (χ1) is 10.8. The van der Waals surface area contributed by atoms with E-state index in [-0.39, 0.29) is 0 Å². The van der Waals surface area contributed by atoms with Gasteiger partial charge in [-0.1, -0.05) is 70.8 Å². The quantitative estimate of drug-likeness (QED) is 0.436. The minimum Gasteiger partial charge on any atom is -0.508 e. The molecule has 1 aromatic rings. The topological polar surface area (TPSA) is 29.5 Å². The van der Waals surface area contributed by atoms with Crippen LogP contribution in [0.15, 0.2) is 18.2 Å². The Kier molecular flexibility index (Phi) is 10.6. The van der Waals surface area contributed by atoms with Crippen molar-refractivity contribution >= 4 is 0 Å². The lowest BCUT2D eigenvalue weighted by atomic mass is 10.0. The fourth-order valence-electron chi connectivity index (χ4n) is 2.89. The number of hydrogen-bond acceptors (Lipinski definition) is 2. The average molecular weight is 306 g/mol. The molecular formula is C20H34O2. The maximum atomic E-state index is 9.98. The Labute approximate surface area is 136 Å². The largest absolute Gasteiger partial charge is 0.508 e. The lowest BCUT2D eigenvalue weighted by Crippen LogP contribution is -1.97. The van der Waals surface area contributed by atoms with Crippen molar-refractivity contribution in [3.8, 4) is 11.5 Å². The molecule has 126 valence electrons. The molecule has 0 amide bonds. The summed E-state index contributed by atoms with van der Waals surface area (Å²) in [5.74, 6) is 1.22. The van der Waals surface area contributed by atoms with Gasteiger partial charge in [0.15, 0.2) is 0 Å². The Bertz CT molecular complexity index is 387. The van der Waals surface area contributed by atoms with Crippen LogP contribution in [0.1, 0.15) is 83.6 Å². The monoisotopic (exact) mass is 306 g/mol. The van der Waals surface area contributed by atoms with Gasteiger partial charge in [0.1, 0.15) is 11.5 Å². The highest BCUT2D eigenvalue weighted by molar-refractivity contribution is 5.43. The van der Waals surface area contributed by atoms with Crippen LogP contribution in [-0.2, 0) is 6.42 Å². The third kappa shape index (κ3) is 7.72. The summed E-state index contributed by atoms with van der Waals surface area (Å²) in [5, 5.41) is 9.98. The molecule has 0 heterocycles. The van der Waals surface area contributed by atoms with Crippen molar-refractivity contribution in [1.82, 2.24) is 0 Å². The number of benzene rings is 1. The molecule has 0 saturated carbocycles. The zero-order chi connectivity index (χ0) is 16.0. The number of phenolic OH excluding ortho intramolecular Hbond substituents is 1. The molecule has 0 spiro atoms. The average Bonchev–Trinajstić information content (AvgIpc) is 2.51. The van der Waals surface area contributed by atoms with Gasteiger partial charge in [0.2, 0.25) is 0 Å². The van der Waals surface area contributed by atoms with Gasteiger partial charge < -0.3 is 9.84 Å². The predicted octanol–water partition coefficient (Wildman–Crippen LogP) is 6.25. The Hall–Kier alpha value is -1.18. The van der Waals surface area contributed by atoms with E-state index in [4.69, 9.17) is 4.74 Å². The number of aromatic hydroxyl groups is 1. The fraction of sp³-hybridized carbons (Fsp3) is 0.700. The number of hydrogen-bond donors (Lipinski definition) is 1. The Morgan fingerprint density at radius 3 is 2.00 bits per heavy atom. The molecule has 0 aliphatic carbocycles. The van der Waals surface area contributed by atoms with Crippen molar-refractivity contribution < 1.29 is 9.84 Å². The first kappa shape index (κ1) is 18.9. The van der Waals surface area contributed by atoms with Gasteiger partial charge >= 0.3 is 0 Å². The van der Waals surface area contributed by atoms with Crippen LogP contribution in [0.3, 0.4) is 0 Å². The molecular weight excluding hydrogens is 272 g/mol. The lowest BCUT2D eigenvalue weighted by Gasteiger charge is -2.11. The third-order valence-corrected chi connectivity index (χ3v) is 4.19. The van der Waals surface area contributed by atoms with Gasteiger partial charge in [-0.05, 0) is 31.9 Å². The third-order valence-electron chi connectivity index (χ3n) is 4.19. The zero-order valence-electron chi connectivity index (χ0n) is 14.6. The maximum absolute atomic E-state index is 9.98. The summed E-state index contributed by atoms with van der Waals surface area (Å²) in [6.07, 6.45) is 14.3. The molecule has 0 atom stereocenters. The van der Waals surface area contributed by atoms with E-state index < -0.39 is 0 Å². The van der Waals surface area contributed by atoms with E-state index in [0.29, 0.717) is 12.4 Å². The van der Waals surface area contributed by atoms with Gasteiger partial charge in [0.05, 0.1) is 6.61 Å². The Morgan fingerprint density at radius 2 is 1.41 bits per heavy atom. The van der Waals surface area contributed by atoms with Gasteiger partial charge in [-0.25, -0.2) is 0 Å². The molecule has 1 aromatic carbocycles. The maximum Gasteiger partial charge on any atom is 0.126 e. The van der Waals surface area contributed by atoms with Crippen LogP contribution in [0.25, 0.3) is 0 Å². The van der Waals surface area contributed by atoms with Gasteiger partial charge in [0.25, 0.3) is 0 Å². The first-order valence-corrected chi connectivity index (χ1v) is 9.23. The van der Waals surface area contributed by atoms with E-state index in [0.717, 1.165) is 24.2 Å². The van der Waals surface area contributed by atoms with Crippen LogP contribution >= 0.6 is 0 Å². The van der Waals surface area contributed by atoms with E-state index in [2.05, 4.69) is 6.92 Å². The molecule has 0 aliphatic heterocycles. The first-order valence-electron chi connectivity index (χ1n) is 9.23. The van der Waals surface area contributed by atoms with Crippen molar-refractivity contribution in [2.24, 2.45) is 0 Å². The molecule has 22 heavy (non-hydrogen) atoms. The van der Waals surface area contributed by atoms with Gasteiger partial charge in [-0.2, -0.15) is 0 Å². The molecule has 1 rings (SSSR count). The highest BCUT2D eigenvalue weighted by atomic mass is 16.5. The second kappa shape index (κ2) is 12.4. The standard InChI is InChI=1S/C20H34O2/c1-3-5-6-7-8-9-10-11-12-13-15-18-19(21)16-14-17-20(18)22-4-2/h14,16-17,21H,3-13,15H2,1-2H3. The van der Waals surface area contributed by atoms with Crippen LogP contribution in [0, 0.1) is 0 Å². The fourth-order valence-corrected chi connectivity index (χ4v) is 2.89. The van der Waals surface area contributed by atoms with Crippen molar-refractivity contribution in [3.05, 3.63) is 23.8 Å². The molecule has 0 radical (unpaired) electrons. The van der Waals surface area contributed by atoms with Crippen LogP contribution in [0.4, 0.5) is 0 Å². The van der Waals surface area contributed by atoms with Crippen molar-refractivity contribution in [1.29, 1.82) is 0 Å². The molecule has 0 fully saturated rings. The summed E-state index contributed by atoms with van der Waals surface area (Å²) in [7, 11) is 0. The van der Waals surface area contributed by atoms with E-state index >= 15 is 0 Å². The van der Waals surface area contributed by atoms with Crippen molar-refractivity contribution in [3.63, 3.8) is 0 Å². The van der Waals surface area contributed by atoms with E-state index in [1.54, 1.807) is 6.07 Å². The zero-order valence-corrected chi connectivity index (χ0v) is 14.6. The summed E-state index contributed by atoms with van der Waals surface area (Å²) >= 11 is 0. The molecule has 0 aromatic heterocycles. The van der Waals surface area contributed by atoms with Gasteiger partial charge in [-0.3, -0.25) is 0 Å². The summed E-state index contributed by atoms with van der Waals surface area (Å²) in [4.78, 5) is 0. The van der Waals surface area contributed by atoms with E-state index in [1.807, 2.05) is 19.1 Å². The van der Waals surface area contributed by atoms with Crippen LogP contribution < -0.4 is 4.74 Å². The number of rotatable bonds is 13. The molecule has 1 N–H and O–H groups in total. The number of phenols is 1. The number of ether oxygens (including phenoxy) is 1. The summed E-state index contributed by atoms with van der Waals surface area (Å²) in [6, 6.07) is 5.56. The van der Waals surface area contributed by atoms with E-state index in [9.17, 15) is 5.11 Å². The van der Waals surface area contributed by atoms with Gasteiger partial charge in [-0.15, -0.1) is 0 Å². The van der Waals surface area contributed by atoms with Crippen LogP contribution in [0.2, 0.25) is 0 Å². The van der Waals surface area contributed by atoms with Crippen LogP contribution in [0.5, 0.6) is 11.5 Å². The number of unbranched alkanes of at least 4 members (excludes halogenated alkanes) is 9. The molecule has 0 aliphatic rings. The summed E-state index contributed by atoms with van der Waals surface area (Å²) < 4.78 is 5.60. The van der Waals surface area contributed by atoms with Crippen molar-refractivity contribution in [2.45, 2.75) is 84.5 Å². The van der Waals surface area contributed by atoms with Crippen LogP contribution in [-0.4, -0.2) is 11.7 Å². The molecule has 2 nitrogen and oxygen atoms in total. The summed E-state index contributed by atoms with van der Waals surface area (Å²) in [5.41, 5.74) is 0.976. The second-order valence-corrected chi connectivity index (χ2v) is 6.12. The molecule has 2 heteroatoms. The Balaban J connectivity index is 2.12. The van der Waals surface area contributed by atoms with Gasteiger partial charge in [0, 0.05) is 5.56 Å². The molecule has 0 saturated heterocycles. The normalized spacial score (nSPS) is 10.8. The smallest absolute Gasteiger partial charge is 0.126 e. The second-order valence-electron chi connectivity index (χ2n) is 6.12. The minimum atomic E-state index is 0.377. The van der Waals surface area contributed by atoms with E-state index in [1.165, 1.54) is 57.8 Å². The van der Waals surface area contributed by atoms with Crippen molar-refractivity contribution in [2.75, 3.05) is 6.61 Å². The Morgan fingerprint density at radius 1 is 0.818 bits per heavy atom. The molecule has 0 bridgehead atoms. The SMILES string of the molecule is CCCCCCCCCCCCc1c(O)cccc1OCC. The minimum absolute atomic E-state index is 0.377. The highest BCUT2D eigenvalue weighted by Crippen LogP contribution is 2.29. The predicted molar refractivity (Wildman–Crippen MR) is 94.8 cm³/mol.